The van der Waals surface area contributed by atoms with Gasteiger partial charge in [0.15, 0.2) is 18.1 Å². The Morgan fingerprint density at radius 2 is 1.83 bits per heavy atom. The molecule has 1 saturated heterocycles. The van der Waals surface area contributed by atoms with Gasteiger partial charge in [-0.15, -0.1) is 0 Å². The fraction of sp³-hybridized carbons (Fsp3) is 0.304. The van der Waals surface area contributed by atoms with E-state index in [4.69, 9.17) is 14.2 Å². The number of para-hydroxylation sites is 1. The monoisotopic (exact) mass is 405 g/mol. The Morgan fingerprint density at radius 1 is 1.00 bits per heavy atom. The zero-order chi connectivity index (χ0) is 20.3. The van der Waals surface area contributed by atoms with Gasteiger partial charge in [0, 0.05) is 44.3 Å². The van der Waals surface area contributed by atoms with Gasteiger partial charge in [0.05, 0.1) is 0 Å². The van der Waals surface area contributed by atoms with Gasteiger partial charge in [0.25, 0.3) is 5.91 Å². The van der Waals surface area contributed by atoms with Gasteiger partial charge in [-0.3, -0.25) is 14.7 Å². The quantitative estimate of drug-likeness (QED) is 0.650. The van der Waals surface area contributed by atoms with E-state index in [-0.39, 0.29) is 19.3 Å². The van der Waals surface area contributed by atoms with Crippen LogP contribution in [0.1, 0.15) is 5.56 Å². The number of amides is 1. The molecule has 30 heavy (non-hydrogen) atoms. The molecule has 0 unspecified atom stereocenters. The molecule has 0 saturated carbocycles. The van der Waals surface area contributed by atoms with Crippen LogP contribution in [-0.2, 0) is 11.3 Å². The summed E-state index contributed by atoms with van der Waals surface area (Å²) in [6, 6.07) is 15.7. The predicted molar refractivity (Wildman–Crippen MR) is 112 cm³/mol. The van der Waals surface area contributed by atoms with E-state index in [0.29, 0.717) is 18.8 Å². The number of carbonyl (C=O) groups excluding carboxylic acids is 1. The molecule has 1 aromatic heterocycles. The van der Waals surface area contributed by atoms with E-state index < -0.39 is 0 Å². The molecule has 0 radical (unpaired) electrons. The molecule has 2 aliphatic rings. The maximum atomic E-state index is 12.6. The van der Waals surface area contributed by atoms with E-state index in [9.17, 15) is 4.79 Å². The largest absolute Gasteiger partial charge is 0.481 e. The minimum Gasteiger partial charge on any atom is -0.481 e. The highest BCUT2D eigenvalue weighted by Crippen LogP contribution is 2.32. The molecule has 0 atom stereocenters. The Morgan fingerprint density at radius 3 is 2.73 bits per heavy atom. The number of carbonyl (C=O) groups is 1. The molecule has 154 valence electrons. The van der Waals surface area contributed by atoms with Crippen LogP contribution < -0.4 is 14.2 Å². The molecule has 0 bridgehead atoms. The Hall–Kier alpha value is -3.32. The van der Waals surface area contributed by atoms with Crippen LogP contribution in [0.4, 0.5) is 0 Å². The average Bonchev–Trinajstić information content (AvgIpc) is 3.26. The Labute approximate surface area is 174 Å². The van der Waals surface area contributed by atoms with Crippen LogP contribution >= 0.6 is 0 Å². The van der Waals surface area contributed by atoms with Crippen molar-refractivity contribution in [1.82, 2.24) is 14.8 Å². The highest BCUT2D eigenvalue weighted by atomic mass is 16.7. The minimum absolute atomic E-state index is 0.00524. The SMILES string of the molecule is O=C(COc1cccc2cccnc12)N1CCN(Cc2ccc3c(c2)OCO3)CC1. The van der Waals surface area contributed by atoms with Crippen molar-refractivity contribution < 1.29 is 19.0 Å². The number of fused-ring (bicyclic) bond motifs is 2. The summed E-state index contributed by atoms with van der Waals surface area (Å²) < 4.78 is 16.6. The van der Waals surface area contributed by atoms with Gasteiger partial charge in [-0.25, -0.2) is 0 Å². The lowest BCUT2D eigenvalue weighted by atomic mass is 10.1. The summed E-state index contributed by atoms with van der Waals surface area (Å²) >= 11 is 0. The van der Waals surface area contributed by atoms with E-state index >= 15 is 0 Å². The summed E-state index contributed by atoms with van der Waals surface area (Å²) in [5.41, 5.74) is 1.96. The lowest BCUT2D eigenvalue weighted by Crippen LogP contribution is -2.49. The van der Waals surface area contributed by atoms with Crippen LogP contribution in [0.5, 0.6) is 17.2 Å². The van der Waals surface area contributed by atoms with Crippen molar-refractivity contribution in [3.05, 3.63) is 60.3 Å². The number of hydrogen-bond donors (Lipinski definition) is 0. The third kappa shape index (κ3) is 3.89. The number of rotatable bonds is 5. The van der Waals surface area contributed by atoms with Crippen LogP contribution in [0.25, 0.3) is 10.9 Å². The second-order valence-corrected chi connectivity index (χ2v) is 7.46. The number of hydrogen-bond acceptors (Lipinski definition) is 6. The van der Waals surface area contributed by atoms with E-state index in [0.717, 1.165) is 42.0 Å². The molecular formula is C23H23N3O4. The topological polar surface area (TPSA) is 64.1 Å². The minimum atomic E-state index is 0.00524. The molecule has 0 aliphatic carbocycles. The summed E-state index contributed by atoms with van der Waals surface area (Å²) in [7, 11) is 0. The van der Waals surface area contributed by atoms with Crippen molar-refractivity contribution in [2.24, 2.45) is 0 Å². The molecule has 7 heteroatoms. The smallest absolute Gasteiger partial charge is 0.260 e. The Bertz CT molecular complexity index is 1060. The van der Waals surface area contributed by atoms with E-state index in [2.05, 4.69) is 16.0 Å². The van der Waals surface area contributed by atoms with E-state index in [1.165, 1.54) is 5.56 Å². The molecule has 2 aromatic carbocycles. The van der Waals surface area contributed by atoms with Crippen LogP contribution in [0, 0.1) is 0 Å². The lowest BCUT2D eigenvalue weighted by molar-refractivity contribution is -0.135. The molecule has 1 amide bonds. The summed E-state index contributed by atoms with van der Waals surface area (Å²) in [4.78, 5) is 21.2. The number of benzene rings is 2. The molecule has 5 rings (SSSR count). The van der Waals surface area contributed by atoms with Gasteiger partial charge in [-0.05, 0) is 29.8 Å². The first-order chi connectivity index (χ1) is 14.8. The zero-order valence-corrected chi connectivity index (χ0v) is 16.6. The zero-order valence-electron chi connectivity index (χ0n) is 16.6. The number of piperazine rings is 1. The van der Waals surface area contributed by atoms with Gasteiger partial charge in [-0.2, -0.15) is 0 Å². The normalized spacial score (nSPS) is 16.1. The van der Waals surface area contributed by atoms with Crippen LogP contribution in [0.2, 0.25) is 0 Å². The second kappa shape index (κ2) is 8.20. The van der Waals surface area contributed by atoms with Gasteiger partial charge in [0.2, 0.25) is 6.79 Å². The summed E-state index contributed by atoms with van der Waals surface area (Å²) in [5, 5.41) is 1.000. The Balaban J connectivity index is 1.13. The van der Waals surface area contributed by atoms with Gasteiger partial charge in [0.1, 0.15) is 11.3 Å². The predicted octanol–water partition coefficient (Wildman–Crippen LogP) is 2.69. The van der Waals surface area contributed by atoms with E-state index in [1.54, 1.807) is 6.20 Å². The molecule has 3 heterocycles. The van der Waals surface area contributed by atoms with Crippen molar-refractivity contribution >= 4 is 16.8 Å². The number of ether oxygens (including phenoxy) is 3. The summed E-state index contributed by atoms with van der Waals surface area (Å²) in [6.07, 6.45) is 1.73. The molecule has 0 N–H and O–H groups in total. The number of aromatic nitrogens is 1. The molecule has 7 nitrogen and oxygen atoms in total. The highest BCUT2D eigenvalue weighted by molar-refractivity contribution is 5.85. The molecular weight excluding hydrogens is 382 g/mol. The van der Waals surface area contributed by atoms with Crippen molar-refractivity contribution in [3.8, 4) is 17.2 Å². The summed E-state index contributed by atoms with van der Waals surface area (Å²) in [5.74, 6) is 2.26. The average molecular weight is 405 g/mol. The number of nitrogens with zero attached hydrogens (tertiary/aromatic N) is 3. The second-order valence-electron chi connectivity index (χ2n) is 7.46. The maximum absolute atomic E-state index is 12.6. The van der Waals surface area contributed by atoms with Crippen LogP contribution in [0.3, 0.4) is 0 Å². The lowest BCUT2D eigenvalue weighted by Gasteiger charge is -2.34. The van der Waals surface area contributed by atoms with Gasteiger partial charge >= 0.3 is 0 Å². The van der Waals surface area contributed by atoms with Crippen molar-refractivity contribution in [2.75, 3.05) is 39.6 Å². The first-order valence-electron chi connectivity index (χ1n) is 10.1. The van der Waals surface area contributed by atoms with Crippen molar-refractivity contribution in [1.29, 1.82) is 0 Å². The molecule has 1 fully saturated rings. The fourth-order valence-electron chi connectivity index (χ4n) is 3.88. The third-order valence-corrected chi connectivity index (χ3v) is 5.52. The molecule has 2 aliphatic heterocycles. The van der Waals surface area contributed by atoms with Crippen molar-refractivity contribution in [2.45, 2.75) is 6.54 Å². The fourth-order valence-corrected chi connectivity index (χ4v) is 3.88. The Kier molecular flexibility index (Phi) is 5.11. The third-order valence-electron chi connectivity index (χ3n) is 5.52. The summed E-state index contributed by atoms with van der Waals surface area (Å²) in [6.45, 7) is 4.19. The van der Waals surface area contributed by atoms with Gasteiger partial charge < -0.3 is 19.1 Å². The highest BCUT2D eigenvalue weighted by Gasteiger charge is 2.22. The first-order valence-corrected chi connectivity index (χ1v) is 10.1. The molecule has 3 aromatic rings. The number of pyridine rings is 1. The standard InChI is InChI=1S/C23H23N3O4/c27-22(15-28-20-5-1-3-18-4-2-8-24-23(18)20)26-11-9-25(10-12-26)14-17-6-7-19-21(13-17)30-16-29-19/h1-8,13H,9-12,14-16H2. The van der Waals surface area contributed by atoms with Crippen molar-refractivity contribution in [3.63, 3.8) is 0 Å². The van der Waals surface area contributed by atoms with Crippen LogP contribution in [0.15, 0.2) is 54.7 Å². The van der Waals surface area contributed by atoms with E-state index in [1.807, 2.05) is 47.4 Å². The molecule has 0 spiro atoms. The first kappa shape index (κ1) is 18.7. The van der Waals surface area contributed by atoms with Crippen LogP contribution in [-0.4, -0.2) is 60.3 Å². The maximum Gasteiger partial charge on any atom is 0.260 e. The van der Waals surface area contributed by atoms with Gasteiger partial charge in [-0.1, -0.05) is 24.3 Å².